The Bertz CT molecular complexity index is 858. The van der Waals surface area contributed by atoms with Crippen LogP contribution in [0.25, 0.3) is 11.0 Å². The van der Waals surface area contributed by atoms with Gasteiger partial charge < -0.3 is 0 Å². The van der Waals surface area contributed by atoms with Gasteiger partial charge in [0.05, 0.1) is 15.9 Å². The molecule has 120 valence electrons. The number of imidazole rings is 1. The number of nitrogens with zero attached hydrogens (tertiary/aromatic N) is 2. The van der Waals surface area contributed by atoms with Crippen LogP contribution in [0.15, 0.2) is 27.9 Å². The summed E-state index contributed by atoms with van der Waals surface area (Å²) < 4.78 is 30.9. The number of rotatable bonds is 3. The van der Waals surface area contributed by atoms with Crippen LogP contribution in [0.2, 0.25) is 0 Å². The van der Waals surface area contributed by atoms with Crippen molar-refractivity contribution in [2.24, 2.45) is 14.1 Å². The van der Waals surface area contributed by atoms with E-state index >= 15 is 0 Å². The Balaban J connectivity index is 1.98. The van der Waals surface area contributed by atoms with Crippen LogP contribution in [-0.4, -0.2) is 23.6 Å². The van der Waals surface area contributed by atoms with Crippen LogP contribution in [0.3, 0.4) is 0 Å². The quantitative estimate of drug-likeness (QED) is 0.930. The Labute approximate surface area is 129 Å². The van der Waals surface area contributed by atoms with Crippen molar-refractivity contribution in [3.05, 3.63) is 28.7 Å². The second kappa shape index (κ2) is 5.55. The number of hydrogen-bond donors (Lipinski definition) is 1. The molecule has 2 aromatic rings. The third-order valence-electron chi connectivity index (χ3n) is 4.48. The Morgan fingerprint density at radius 3 is 2.36 bits per heavy atom. The van der Waals surface area contributed by atoms with Gasteiger partial charge in [0, 0.05) is 20.1 Å². The van der Waals surface area contributed by atoms with E-state index in [0.717, 1.165) is 31.2 Å². The lowest BCUT2D eigenvalue weighted by molar-refractivity contribution is 0.412. The Hall–Kier alpha value is -1.60. The van der Waals surface area contributed by atoms with Gasteiger partial charge in [0.15, 0.2) is 0 Å². The summed E-state index contributed by atoms with van der Waals surface area (Å²) >= 11 is 0. The second-order valence-corrected chi connectivity index (χ2v) is 7.72. The summed E-state index contributed by atoms with van der Waals surface area (Å²) in [6.07, 6.45) is 5.10. The molecule has 22 heavy (non-hydrogen) atoms. The van der Waals surface area contributed by atoms with Crippen molar-refractivity contribution in [3.63, 3.8) is 0 Å². The Morgan fingerprint density at radius 1 is 1.05 bits per heavy atom. The van der Waals surface area contributed by atoms with Crippen molar-refractivity contribution in [3.8, 4) is 0 Å². The lowest BCUT2D eigenvalue weighted by Gasteiger charge is -2.22. The monoisotopic (exact) mass is 323 g/mol. The molecule has 1 N–H and O–H groups in total. The third kappa shape index (κ3) is 2.59. The number of aryl methyl sites for hydroxylation is 2. The molecule has 1 saturated carbocycles. The molecule has 1 aliphatic carbocycles. The molecule has 0 bridgehead atoms. The zero-order chi connectivity index (χ0) is 15.9. The van der Waals surface area contributed by atoms with E-state index in [1.54, 1.807) is 32.3 Å². The topological polar surface area (TPSA) is 73.1 Å². The number of sulfonamides is 1. The molecule has 1 heterocycles. The second-order valence-electron chi connectivity index (χ2n) is 6.01. The van der Waals surface area contributed by atoms with Crippen molar-refractivity contribution in [2.45, 2.75) is 43.0 Å². The maximum atomic E-state index is 12.5. The molecule has 0 atom stereocenters. The summed E-state index contributed by atoms with van der Waals surface area (Å²) in [5, 5.41) is 0. The van der Waals surface area contributed by atoms with Crippen LogP contribution >= 0.6 is 0 Å². The van der Waals surface area contributed by atoms with Crippen molar-refractivity contribution in [1.82, 2.24) is 13.9 Å². The summed E-state index contributed by atoms with van der Waals surface area (Å²) in [6.45, 7) is 0. The number of hydrogen-bond acceptors (Lipinski definition) is 3. The molecule has 6 nitrogen and oxygen atoms in total. The lowest BCUT2D eigenvalue weighted by Crippen LogP contribution is -2.36. The van der Waals surface area contributed by atoms with Crippen LogP contribution in [0.5, 0.6) is 0 Å². The maximum Gasteiger partial charge on any atom is 0.328 e. The largest absolute Gasteiger partial charge is 0.328 e. The molecule has 0 saturated heterocycles. The van der Waals surface area contributed by atoms with Crippen LogP contribution in [-0.2, 0) is 24.1 Å². The normalized spacial score (nSPS) is 17.2. The average Bonchev–Trinajstić information content (AvgIpc) is 2.72. The lowest BCUT2D eigenvalue weighted by atomic mass is 9.96. The van der Waals surface area contributed by atoms with Crippen molar-refractivity contribution >= 4 is 21.1 Å². The van der Waals surface area contributed by atoms with Gasteiger partial charge in [0.2, 0.25) is 10.0 Å². The minimum absolute atomic E-state index is 0.0223. The number of aromatic nitrogens is 2. The fourth-order valence-electron chi connectivity index (χ4n) is 3.16. The minimum atomic E-state index is -3.55. The molecule has 7 heteroatoms. The minimum Gasteiger partial charge on any atom is -0.295 e. The molecule has 0 radical (unpaired) electrons. The van der Waals surface area contributed by atoms with Crippen molar-refractivity contribution < 1.29 is 8.42 Å². The number of nitrogens with one attached hydrogen (secondary N) is 1. The van der Waals surface area contributed by atoms with Crippen molar-refractivity contribution in [1.29, 1.82) is 0 Å². The molecule has 1 aromatic carbocycles. The van der Waals surface area contributed by atoms with E-state index in [-0.39, 0.29) is 16.6 Å². The van der Waals surface area contributed by atoms with E-state index in [1.807, 2.05) is 0 Å². The predicted octanol–water partition coefficient (Wildman–Crippen LogP) is 1.49. The molecule has 1 fully saturated rings. The van der Waals surface area contributed by atoms with Crippen LogP contribution in [0, 0.1) is 0 Å². The van der Waals surface area contributed by atoms with Gasteiger partial charge in [-0.2, -0.15) is 0 Å². The summed E-state index contributed by atoms with van der Waals surface area (Å²) in [5.41, 5.74) is 1.19. The third-order valence-corrected chi connectivity index (χ3v) is 6.00. The van der Waals surface area contributed by atoms with Gasteiger partial charge in [-0.1, -0.05) is 19.3 Å². The highest BCUT2D eigenvalue weighted by Gasteiger charge is 2.22. The van der Waals surface area contributed by atoms with Gasteiger partial charge in [-0.15, -0.1) is 0 Å². The van der Waals surface area contributed by atoms with Gasteiger partial charge in [0.1, 0.15) is 0 Å². The summed E-state index contributed by atoms with van der Waals surface area (Å²) in [4.78, 5) is 12.1. The first-order chi connectivity index (χ1) is 10.4. The number of fused-ring (bicyclic) bond motifs is 1. The molecule has 3 rings (SSSR count). The molecule has 0 unspecified atom stereocenters. The zero-order valence-electron chi connectivity index (χ0n) is 12.9. The fourth-order valence-corrected chi connectivity index (χ4v) is 4.49. The van der Waals surface area contributed by atoms with E-state index in [0.29, 0.717) is 5.52 Å². The summed E-state index contributed by atoms with van der Waals surface area (Å²) in [5.74, 6) is 0. The molecule has 1 aromatic heterocycles. The van der Waals surface area contributed by atoms with Gasteiger partial charge in [-0.05, 0) is 31.0 Å². The molecule has 0 spiro atoms. The van der Waals surface area contributed by atoms with Crippen LogP contribution < -0.4 is 10.4 Å². The SMILES string of the molecule is Cn1c(=O)n(C)c2cc(S(=O)(=O)NC3CCCCC3)ccc21. The highest BCUT2D eigenvalue weighted by atomic mass is 32.2. The molecular formula is C15H21N3O3S. The van der Waals surface area contributed by atoms with Gasteiger partial charge in [-0.3, -0.25) is 9.13 Å². The average molecular weight is 323 g/mol. The summed E-state index contributed by atoms with van der Waals surface area (Å²) in [7, 11) is -0.218. The van der Waals surface area contributed by atoms with E-state index in [1.165, 1.54) is 15.6 Å². The van der Waals surface area contributed by atoms with E-state index in [2.05, 4.69) is 4.72 Å². The fraction of sp³-hybridized carbons (Fsp3) is 0.533. The Morgan fingerprint density at radius 2 is 1.68 bits per heavy atom. The van der Waals surface area contributed by atoms with E-state index in [4.69, 9.17) is 0 Å². The van der Waals surface area contributed by atoms with E-state index < -0.39 is 10.0 Å². The molecule has 0 aliphatic heterocycles. The zero-order valence-corrected chi connectivity index (χ0v) is 13.7. The maximum absolute atomic E-state index is 12.5. The predicted molar refractivity (Wildman–Crippen MR) is 85.4 cm³/mol. The highest BCUT2D eigenvalue weighted by Crippen LogP contribution is 2.22. The first-order valence-corrected chi connectivity index (χ1v) is 9.06. The Kier molecular flexibility index (Phi) is 3.86. The number of benzene rings is 1. The standard InChI is InChI=1S/C15H21N3O3S/c1-17-13-9-8-12(10-14(13)18(2)15(17)19)22(20,21)16-11-6-4-3-5-7-11/h8-11,16H,3-7H2,1-2H3. The summed E-state index contributed by atoms with van der Waals surface area (Å²) in [6, 6.07) is 4.84. The van der Waals surface area contributed by atoms with E-state index in [9.17, 15) is 13.2 Å². The van der Waals surface area contributed by atoms with Crippen molar-refractivity contribution in [2.75, 3.05) is 0 Å². The van der Waals surface area contributed by atoms with Gasteiger partial charge in [0.25, 0.3) is 0 Å². The smallest absolute Gasteiger partial charge is 0.295 e. The first kappa shape index (κ1) is 15.3. The first-order valence-electron chi connectivity index (χ1n) is 7.58. The highest BCUT2D eigenvalue weighted by molar-refractivity contribution is 7.89. The van der Waals surface area contributed by atoms with Gasteiger partial charge in [-0.25, -0.2) is 17.9 Å². The molecule has 0 amide bonds. The molecule has 1 aliphatic rings. The van der Waals surface area contributed by atoms with Crippen LogP contribution in [0.4, 0.5) is 0 Å². The molecular weight excluding hydrogens is 302 g/mol. The van der Waals surface area contributed by atoms with Gasteiger partial charge >= 0.3 is 5.69 Å². The van der Waals surface area contributed by atoms with Crippen LogP contribution in [0.1, 0.15) is 32.1 Å².